The highest BCUT2D eigenvalue weighted by atomic mass is 32.1. The number of piperazine rings is 1. The van der Waals surface area contributed by atoms with E-state index in [4.69, 9.17) is 0 Å². The summed E-state index contributed by atoms with van der Waals surface area (Å²) in [6, 6.07) is 2.11. The van der Waals surface area contributed by atoms with Crippen LogP contribution in [0.1, 0.15) is 25.6 Å². The molecule has 8 heteroatoms. The van der Waals surface area contributed by atoms with Gasteiger partial charge >= 0.3 is 0 Å². The first-order valence-electron chi connectivity index (χ1n) is 7.74. The Morgan fingerprint density at radius 3 is 2.61 bits per heavy atom. The van der Waals surface area contributed by atoms with E-state index in [1.165, 1.54) is 11.5 Å². The van der Waals surface area contributed by atoms with Crippen LogP contribution in [-0.2, 0) is 0 Å². The van der Waals surface area contributed by atoms with Gasteiger partial charge in [0.2, 0.25) is 5.13 Å². The van der Waals surface area contributed by atoms with Gasteiger partial charge in [0.15, 0.2) is 0 Å². The molecule has 4 rings (SSSR count). The lowest BCUT2D eigenvalue weighted by molar-refractivity contribution is 0.645. The summed E-state index contributed by atoms with van der Waals surface area (Å²) in [6.45, 7) is 8.04. The van der Waals surface area contributed by atoms with E-state index in [9.17, 15) is 0 Å². The Balaban J connectivity index is 1.49. The second kappa shape index (κ2) is 6.01. The Bertz CT molecular complexity index is 803. The quantitative estimate of drug-likeness (QED) is 0.727. The van der Waals surface area contributed by atoms with Crippen LogP contribution in [0.4, 0.5) is 10.9 Å². The highest BCUT2D eigenvalue weighted by Gasteiger charge is 2.22. The number of thiophene rings is 1. The molecule has 0 unspecified atom stereocenters. The predicted octanol–water partition coefficient (Wildman–Crippen LogP) is 2.99. The molecule has 0 aromatic carbocycles. The summed E-state index contributed by atoms with van der Waals surface area (Å²) in [5.41, 5.74) is 0. The van der Waals surface area contributed by atoms with E-state index in [0.717, 1.165) is 53.2 Å². The fraction of sp³-hybridized carbons (Fsp3) is 0.467. The lowest BCUT2D eigenvalue weighted by atomic mass is 10.2. The Morgan fingerprint density at radius 1 is 1.09 bits per heavy atom. The van der Waals surface area contributed by atoms with Crippen molar-refractivity contribution in [2.75, 3.05) is 36.0 Å². The van der Waals surface area contributed by atoms with Gasteiger partial charge in [-0.3, -0.25) is 0 Å². The van der Waals surface area contributed by atoms with Gasteiger partial charge in [-0.15, -0.1) is 11.3 Å². The fourth-order valence-corrected chi connectivity index (χ4v) is 4.31. The van der Waals surface area contributed by atoms with Crippen LogP contribution in [-0.4, -0.2) is 45.5 Å². The van der Waals surface area contributed by atoms with E-state index in [-0.39, 0.29) is 0 Å². The normalized spacial score (nSPS) is 15.8. The van der Waals surface area contributed by atoms with E-state index in [2.05, 4.69) is 54.4 Å². The van der Waals surface area contributed by atoms with Gasteiger partial charge in [0.1, 0.15) is 22.8 Å². The number of aromatic nitrogens is 4. The monoisotopic (exact) mass is 346 g/mol. The predicted molar refractivity (Wildman–Crippen MR) is 95.8 cm³/mol. The van der Waals surface area contributed by atoms with Crippen LogP contribution in [0.3, 0.4) is 0 Å². The minimum absolute atomic E-state index is 0.384. The summed E-state index contributed by atoms with van der Waals surface area (Å²) in [6.07, 6.45) is 1.67. The second-order valence-corrected chi connectivity index (χ2v) is 7.53. The van der Waals surface area contributed by atoms with Gasteiger partial charge in [-0.05, 0) is 11.4 Å². The average molecular weight is 346 g/mol. The zero-order chi connectivity index (χ0) is 15.8. The van der Waals surface area contributed by atoms with Gasteiger partial charge in [0.05, 0.1) is 5.39 Å². The molecule has 120 valence electrons. The molecule has 1 saturated heterocycles. The first-order valence-corrected chi connectivity index (χ1v) is 9.39. The van der Waals surface area contributed by atoms with Gasteiger partial charge < -0.3 is 9.80 Å². The third-order valence-corrected chi connectivity index (χ3v) is 5.65. The number of hydrogen-bond acceptors (Lipinski definition) is 8. The largest absolute Gasteiger partial charge is 0.352 e. The molecule has 0 bridgehead atoms. The van der Waals surface area contributed by atoms with E-state index in [1.807, 2.05) is 0 Å². The lowest BCUT2D eigenvalue weighted by Gasteiger charge is -2.35. The van der Waals surface area contributed by atoms with Gasteiger partial charge in [-0.25, -0.2) is 15.0 Å². The highest BCUT2D eigenvalue weighted by Crippen LogP contribution is 2.28. The standard InChI is InChI=1S/C15H18N6S2/c1-10(2)12-18-15(23-19-12)21-6-4-20(5-7-21)13-11-3-8-22-14(11)17-9-16-13/h3,8-10H,4-7H2,1-2H3. The van der Waals surface area contributed by atoms with Crippen LogP contribution in [0.2, 0.25) is 0 Å². The fourth-order valence-electron chi connectivity index (χ4n) is 2.73. The summed E-state index contributed by atoms with van der Waals surface area (Å²) >= 11 is 3.17. The summed E-state index contributed by atoms with van der Waals surface area (Å²) < 4.78 is 4.46. The Morgan fingerprint density at radius 2 is 1.87 bits per heavy atom. The number of hydrogen-bond donors (Lipinski definition) is 0. The SMILES string of the molecule is CC(C)c1nsc(N2CCN(c3ncnc4sccc34)CC2)n1. The molecule has 3 aromatic heterocycles. The zero-order valence-electron chi connectivity index (χ0n) is 13.1. The van der Waals surface area contributed by atoms with Crippen molar-refractivity contribution in [1.82, 2.24) is 19.3 Å². The molecule has 0 aliphatic carbocycles. The van der Waals surface area contributed by atoms with Gasteiger partial charge in [0, 0.05) is 43.6 Å². The first-order chi connectivity index (χ1) is 11.2. The number of fused-ring (bicyclic) bond motifs is 1. The molecule has 0 atom stereocenters. The third kappa shape index (κ3) is 2.76. The van der Waals surface area contributed by atoms with E-state index in [0.29, 0.717) is 5.92 Å². The molecule has 4 heterocycles. The maximum absolute atomic E-state index is 4.66. The van der Waals surface area contributed by atoms with Crippen molar-refractivity contribution in [1.29, 1.82) is 0 Å². The topological polar surface area (TPSA) is 58.0 Å². The van der Waals surface area contributed by atoms with Crippen molar-refractivity contribution in [2.24, 2.45) is 0 Å². The minimum Gasteiger partial charge on any atom is -0.352 e. The Kier molecular flexibility index (Phi) is 3.86. The van der Waals surface area contributed by atoms with Gasteiger partial charge in [0.25, 0.3) is 0 Å². The Hall–Kier alpha value is -1.80. The summed E-state index contributed by atoms with van der Waals surface area (Å²) in [4.78, 5) is 19.2. The minimum atomic E-state index is 0.384. The molecule has 0 spiro atoms. The van der Waals surface area contributed by atoms with E-state index >= 15 is 0 Å². The van der Waals surface area contributed by atoms with Crippen LogP contribution >= 0.6 is 22.9 Å². The van der Waals surface area contributed by atoms with E-state index in [1.54, 1.807) is 17.7 Å². The van der Waals surface area contributed by atoms with Crippen molar-refractivity contribution >= 4 is 44.0 Å². The molecular formula is C15H18N6S2. The molecule has 0 saturated carbocycles. The maximum atomic E-state index is 4.66. The molecule has 1 fully saturated rings. The molecule has 23 heavy (non-hydrogen) atoms. The smallest absolute Gasteiger partial charge is 0.205 e. The molecule has 0 radical (unpaired) electrons. The van der Waals surface area contributed by atoms with Gasteiger partial charge in [-0.2, -0.15) is 4.37 Å². The number of nitrogens with zero attached hydrogens (tertiary/aromatic N) is 6. The Labute approximate surface area is 143 Å². The van der Waals surface area contributed by atoms with E-state index < -0.39 is 0 Å². The summed E-state index contributed by atoms with van der Waals surface area (Å²) in [5.74, 6) is 2.38. The van der Waals surface area contributed by atoms with Crippen LogP contribution in [0, 0.1) is 0 Å². The molecular weight excluding hydrogens is 328 g/mol. The molecule has 1 aliphatic rings. The summed E-state index contributed by atoms with van der Waals surface area (Å²) in [5, 5.41) is 4.27. The third-order valence-electron chi connectivity index (χ3n) is 4.04. The molecule has 0 N–H and O–H groups in total. The van der Waals surface area contributed by atoms with Crippen LogP contribution in [0.5, 0.6) is 0 Å². The highest BCUT2D eigenvalue weighted by molar-refractivity contribution is 7.16. The molecule has 6 nitrogen and oxygen atoms in total. The van der Waals surface area contributed by atoms with Crippen molar-refractivity contribution in [3.8, 4) is 0 Å². The van der Waals surface area contributed by atoms with Crippen LogP contribution in [0.15, 0.2) is 17.8 Å². The van der Waals surface area contributed by atoms with Crippen molar-refractivity contribution in [2.45, 2.75) is 19.8 Å². The van der Waals surface area contributed by atoms with Crippen molar-refractivity contribution < 1.29 is 0 Å². The van der Waals surface area contributed by atoms with Crippen molar-refractivity contribution in [3.05, 3.63) is 23.6 Å². The average Bonchev–Trinajstić information content (AvgIpc) is 3.24. The molecule has 3 aromatic rings. The van der Waals surface area contributed by atoms with Crippen LogP contribution < -0.4 is 9.80 Å². The lowest BCUT2D eigenvalue weighted by Crippen LogP contribution is -2.46. The van der Waals surface area contributed by atoms with Crippen LogP contribution in [0.25, 0.3) is 10.2 Å². The number of anilines is 2. The molecule has 1 aliphatic heterocycles. The van der Waals surface area contributed by atoms with Gasteiger partial charge in [-0.1, -0.05) is 13.8 Å². The summed E-state index contributed by atoms with van der Waals surface area (Å²) in [7, 11) is 0. The first kappa shape index (κ1) is 14.8. The second-order valence-electron chi connectivity index (χ2n) is 5.90. The maximum Gasteiger partial charge on any atom is 0.205 e. The van der Waals surface area contributed by atoms with Crippen molar-refractivity contribution in [3.63, 3.8) is 0 Å². The number of rotatable bonds is 3. The molecule has 0 amide bonds. The zero-order valence-corrected chi connectivity index (χ0v) is 14.8.